The van der Waals surface area contributed by atoms with Crippen LogP contribution in [0.3, 0.4) is 0 Å². The maximum absolute atomic E-state index is 12.5. The van der Waals surface area contributed by atoms with E-state index in [0.717, 1.165) is 23.1 Å². The minimum atomic E-state index is -0.000421. The molecule has 2 aromatic carbocycles. The average Bonchev–Trinajstić information content (AvgIpc) is 2.72. The molecule has 1 N–H and O–H groups in total. The van der Waals surface area contributed by atoms with E-state index < -0.39 is 0 Å². The van der Waals surface area contributed by atoms with Gasteiger partial charge in [0.25, 0.3) is 5.56 Å². The van der Waals surface area contributed by atoms with Crippen molar-refractivity contribution in [2.45, 2.75) is 32.2 Å². The molecular weight excluding hydrogens is 348 g/mol. The van der Waals surface area contributed by atoms with Crippen LogP contribution in [0.1, 0.15) is 35.4 Å². The molecule has 1 aromatic heterocycles. The lowest BCUT2D eigenvalue weighted by Gasteiger charge is -2.18. The van der Waals surface area contributed by atoms with E-state index in [4.69, 9.17) is 0 Å². The number of pyridine rings is 1. The lowest BCUT2D eigenvalue weighted by molar-refractivity contribution is -0.121. The van der Waals surface area contributed by atoms with E-state index in [9.17, 15) is 9.59 Å². The molecule has 1 heterocycles. The molecule has 28 heavy (non-hydrogen) atoms. The Hall–Kier alpha value is -3.14. The van der Waals surface area contributed by atoms with Crippen LogP contribution in [0.2, 0.25) is 0 Å². The molecule has 0 saturated carbocycles. The van der Waals surface area contributed by atoms with Crippen molar-refractivity contribution in [1.82, 2.24) is 9.88 Å². The molecule has 0 bridgehead atoms. The van der Waals surface area contributed by atoms with Gasteiger partial charge in [-0.2, -0.15) is 0 Å². The molecule has 0 aliphatic heterocycles. The van der Waals surface area contributed by atoms with Gasteiger partial charge in [-0.3, -0.25) is 9.59 Å². The SMILES string of the molecule is Cc1ccn(CCCNC(=O)CC(c2ccccc2)c2ccccc2)c(=O)c1. The monoisotopic (exact) mass is 374 g/mol. The summed E-state index contributed by atoms with van der Waals surface area (Å²) in [6, 6.07) is 23.8. The van der Waals surface area contributed by atoms with Gasteiger partial charge in [0, 0.05) is 37.7 Å². The summed E-state index contributed by atoms with van der Waals surface area (Å²) in [7, 11) is 0. The summed E-state index contributed by atoms with van der Waals surface area (Å²) < 4.78 is 1.68. The van der Waals surface area contributed by atoms with Crippen molar-refractivity contribution in [2.24, 2.45) is 0 Å². The number of amides is 1. The minimum Gasteiger partial charge on any atom is -0.356 e. The van der Waals surface area contributed by atoms with E-state index in [1.165, 1.54) is 0 Å². The summed E-state index contributed by atoms with van der Waals surface area (Å²) in [5.41, 5.74) is 3.23. The highest BCUT2D eigenvalue weighted by Crippen LogP contribution is 2.27. The molecule has 0 saturated heterocycles. The number of rotatable bonds is 8. The molecule has 4 heteroatoms. The highest BCUT2D eigenvalue weighted by atomic mass is 16.1. The Balaban J connectivity index is 1.56. The normalized spacial score (nSPS) is 10.8. The maximum atomic E-state index is 12.5. The van der Waals surface area contributed by atoms with Crippen LogP contribution in [0.4, 0.5) is 0 Å². The predicted molar refractivity (Wildman–Crippen MR) is 112 cm³/mol. The van der Waals surface area contributed by atoms with Gasteiger partial charge in [-0.1, -0.05) is 60.7 Å². The smallest absolute Gasteiger partial charge is 0.250 e. The zero-order valence-corrected chi connectivity index (χ0v) is 16.2. The van der Waals surface area contributed by atoms with Crippen molar-refractivity contribution in [1.29, 1.82) is 0 Å². The first-order valence-electron chi connectivity index (χ1n) is 9.67. The fraction of sp³-hybridized carbons (Fsp3) is 0.250. The molecule has 0 radical (unpaired) electrons. The van der Waals surface area contributed by atoms with Crippen LogP contribution in [0.5, 0.6) is 0 Å². The highest BCUT2D eigenvalue weighted by molar-refractivity contribution is 5.77. The van der Waals surface area contributed by atoms with E-state index in [0.29, 0.717) is 19.5 Å². The van der Waals surface area contributed by atoms with Crippen molar-refractivity contribution in [3.63, 3.8) is 0 Å². The second-order valence-electron chi connectivity index (χ2n) is 7.02. The number of carbonyl (C=O) groups is 1. The average molecular weight is 374 g/mol. The van der Waals surface area contributed by atoms with Crippen molar-refractivity contribution in [2.75, 3.05) is 6.54 Å². The fourth-order valence-corrected chi connectivity index (χ4v) is 3.33. The van der Waals surface area contributed by atoms with Gasteiger partial charge in [-0.25, -0.2) is 0 Å². The van der Waals surface area contributed by atoms with Crippen molar-refractivity contribution < 1.29 is 4.79 Å². The summed E-state index contributed by atoms with van der Waals surface area (Å²) in [5, 5.41) is 3.00. The summed E-state index contributed by atoms with van der Waals surface area (Å²) in [5.74, 6) is 0.0519. The number of nitrogens with one attached hydrogen (secondary N) is 1. The molecule has 3 aromatic rings. The number of benzene rings is 2. The topological polar surface area (TPSA) is 51.1 Å². The first-order valence-corrected chi connectivity index (χ1v) is 9.67. The Morgan fingerprint density at radius 1 is 0.964 bits per heavy atom. The number of hydrogen-bond acceptors (Lipinski definition) is 2. The lowest BCUT2D eigenvalue weighted by atomic mass is 9.88. The first-order chi connectivity index (χ1) is 13.6. The van der Waals surface area contributed by atoms with E-state index in [2.05, 4.69) is 29.6 Å². The Bertz CT molecular complexity index is 910. The molecule has 4 nitrogen and oxygen atoms in total. The summed E-state index contributed by atoms with van der Waals surface area (Å²) in [6.07, 6.45) is 2.93. The molecule has 144 valence electrons. The van der Waals surface area contributed by atoms with Crippen LogP contribution >= 0.6 is 0 Å². The Kier molecular flexibility index (Phi) is 6.79. The highest BCUT2D eigenvalue weighted by Gasteiger charge is 2.17. The van der Waals surface area contributed by atoms with Gasteiger partial charge in [0.2, 0.25) is 5.91 Å². The van der Waals surface area contributed by atoms with Crippen molar-refractivity contribution >= 4 is 5.91 Å². The maximum Gasteiger partial charge on any atom is 0.250 e. The van der Waals surface area contributed by atoms with Gasteiger partial charge in [0.15, 0.2) is 0 Å². The molecule has 0 spiro atoms. The molecule has 0 atom stereocenters. The zero-order valence-electron chi connectivity index (χ0n) is 16.2. The molecular formula is C24H26N2O2. The Labute approximate surface area is 165 Å². The second-order valence-corrected chi connectivity index (χ2v) is 7.02. The number of carbonyl (C=O) groups excluding carboxylic acids is 1. The predicted octanol–water partition coefficient (Wildman–Crippen LogP) is 3.89. The van der Waals surface area contributed by atoms with Crippen molar-refractivity contribution in [3.8, 4) is 0 Å². The number of nitrogens with zero attached hydrogens (tertiary/aromatic N) is 1. The van der Waals surface area contributed by atoms with Crippen LogP contribution in [-0.2, 0) is 11.3 Å². The molecule has 0 unspecified atom stereocenters. The standard InChI is InChI=1S/C24H26N2O2/c1-19-13-16-26(24(28)17-19)15-8-14-25-23(27)18-22(20-9-4-2-5-10-20)21-11-6-3-7-12-21/h2-7,9-13,16-17,22H,8,14-15,18H2,1H3,(H,25,27). The second kappa shape index (κ2) is 9.70. The van der Waals surface area contributed by atoms with Gasteiger partial charge in [-0.05, 0) is 36.1 Å². The minimum absolute atomic E-state index is 0.000421. The van der Waals surface area contributed by atoms with E-state index in [-0.39, 0.29) is 17.4 Å². The third-order valence-electron chi connectivity index (χ3n) is 4.84. The molecule has 3 rings (SSSR count). The van der Waals surface area contributed by atoms with Gasteiger partial charge in [-0.15, -0.1) is 0 Å². The first kappa shape index (κ1) is 19.6. The summed E-state index contributed by atoms with van der Waals surface area (Å²) >= 11 is 0. The summed E-state index contributed by atoms with van der Waals surface area (Å²) in [4.78, 5) is 24.4. The van der Waals surface area contributed by atoms with E-state index in [1.54, 1.807) is 16.8 Å². The lowest BCUT2D eigenvalue weighted by Crippen LogP contribution is -2.28. The molecule has 0 aliphatic rings. The quantitative estimate of drug-likeness (QED) is 0.608. The molecule has 0 fully saturated rings. The molecule has 0 aliphatic carbocycles. The molecule has 1 amide bonds. The Morgan fingerprint density at radius 2 is 1.57 bits per heavy atom. The van der Waals surface area contributed by atoms with Crippen LogP contribution in [-0.4, -0.2) is 17.0 Å². The zero-order chi connectivity index (χ0) is 19.8. The van der Waals surface area contributed by atoms with Gasteiger partial charge < -0.3 is 9.88 Å². The van der Waals surface area contributed by atoms with Crippen LogP contribution < -0.4 is 10.9 Å². The number of aromatic nitrogens is 1. The van der Waals surface area contributed by atoms with Crippen LogP contribution in [0.25, 0.3) is 0 Å². The summed E-state index contributed by atoms with van der Waals surface area (Å²) in [6.45, 7) is 3.05. The largest absolute Gasteiger partial charge is 0.356 e. The Morgan fingerprint density at radius 3 is 2.14 bits per heavy atom. The number of aryl methyl sites for hydroxylation is 2. The van der Waals surface area contributed by atoms with E-state index in [1.807, 2.05) is 49.4 Å². The fourth-order valence-electron chi connectivity index (χ4n) is 3.33. The van der Waals surface area contributed by atoms with Crippen molar-refractivity contribution in [3.05, 3.63) is 106 Å². The van der Waals surface area contributed by atoms with Crippen LogP contribution in [0.15, 0.2) is 83.8 Å². The van der Waals surface area contributed by atoms with Gasteiger partial charge in [0.1, 0.15) is 0 Å². The third kappa shape index (κ3) is 5.43. The van der Waals surface area contributed by atoms with Gasteiger partial charge in [0.05, 0.1) is 0 Å². The third-order valence-corrected chi connectivity index (χ3v) is 4.84. The van der Waals surface area contributed by atoms with E-state index >= 15 is 0 Å². The number of hydrogen-bond donors (Lipinski definition) is 1. The van der Waals surface area contributed by atoms with Gasteiger partial charge >= 0.3 is 0 Å². The van der Waals surface area contributed by atoms with Crippen LogP contribution in [0, 0.1) is 6.92 Å².